The predicted octanol–water partition coefficient (Wildman–Crippen LogP) is 1.27. The summed E-state index contributed by atoms with van der Waals surface area (Å²) in [5.74, 6) is 1.74. The topological polar surface area (TPSA) is 94.0 Å². The van der Waals surface area contributed by atoms with E-state index in [4.69, 9.17) is 9.47 Å². The zero-order valence-electron chi connectivity index (χ0n) is 18.5. The Kier molecular flexibility index (Phi) is 5.27. The van der Waals surface area contributed by atoms with E-state index in [2.05, 4.69) is 9.88 Å². The van der Waals surface area contributed by atoms with Crippen LogP contribution in [0, 0.1) is 11.8 Å². The van der Waals surface area contributed by atoms with Crippen molar-refractivity contribution in [3.63, 3.8) is 0 Å². The lowest BCUT2D eigenvalue weighted by Crippen LogP contribution is -2.61. The highest BCUT2D eigenvalue weighted by atomic mass is 16.5. The monoisotopic (exact) mass is 440 g/mol. The minimum Gasteiger partial charge on any atom is -0.493 e. The van der Waals surface area contributed by atoms with Crippen LogP contribution in [0.1, 0.15) is 25.7 Å². The van der Waals surface area contributed by atoms with Crippen LogP contribution < -0.4 is 15.0 Å². The number of piperidine rings is 3. The van der Waals surface area contributed by atoms with Crippen molar-refractivity contribution in [2.45, 2.75) is 38.3 Å². The summed E-state index contributed by atoms with van der Waals surface area (Å²) in [6.07, 6.45) is 5.08. The van der Waals surface area contributed by atoms with E-state index < -0.39 is 0 Å². The van der Waals surface area contributed by atoms with Crippen LogP contribution in [0.2, 0.25) is 0 Å². The molecule has 0 aliphatic carbocycles. The third-order valence-corrected chi connectivity index (χ3v) is 7.17. The largest absolute Gasteiger partial charge is 0.493 e. The van der Waals surface area contributed by atoms with Crippen LogP contribution in [0.5, 0.6) is 11.5 Å². The minimum atomic E-state index is -0.287. The molecule has 3 aliphatic rings. The van der Waals surface area contributed by atoms with Gasteiger partial charge < -0.3 is 19.3 Å². The molecule has 1 unspecified atom stereocenters. The maximum absolute atomic E-state index is 13.1. The number of aromatic nitrogens is 2. The number of carbonyl (C=O) groups excluding carboxylic acids is 2. The average molecular weight is 441 g/mol. The highest BCUT2D eigenvalue weighted by Crippen LogP contribution is 2.38. The SMILES string of the molecule is COc1cc2ncn(CC(=O)N3C[C@H]4C[C@@H](C3)C3CCCC(=O)N3C4)c(=O)c2cc1OC. The van der Waals surface area contributed by atoms with Crippen molar-refractivity contribution < 1.29 is 19.1 Å². The summed E-state index contributed by atoms with van der Waals surface area (Å²) in [6.45, 7) is 1.96. The van der Waals surface area contributed by atoms with E-state index in [9.17, 15) is 14.4 Å². The molecule has 1 aromatic carbocycles. The molecule has 3 fully saturated rings. The summed E-state index contributed by atoms with van der Waals surface area (Å²) in [5.41, 5.74) is 0.205. The molecule has 0 radical (unpaired) electrons. The molecule has 3 saturated heterocycles. The van der Waals surface area contributed by atoms with Crippen LogP contribution in [0.3, 0.4) is 0 Å². The lowest BCUT2D eigenvalue weighted by atomic mass is 9.76. The van der Waals surface area contributed by atoms with Crippen LogP contribution in [-0.4, -0.2) is 71.1 Å². The molecular weight excluding hydrogens is 412 g/mol. The molecule has 5 rings (SSSR count). The second kappa shape index (κ2) is 8.11. The molecule has 2 aromatic rings. The van der Waals surface area contributed by atoms with Gasteiger partial charge in [-0.05, 0) is 37.2 Å². The van der Waals surface area contributed by atoms with Gasteiger partial charge in [0.2, 0.25) is 11.8 Å². The summed E-state index contributed by atoms with van der Waals surface area (Å²) in [7, 11) is 3.04. The van der Waals surface area contributed by atoms with E-state index in [1.807, 2.05) is 4.90 Å². The molecule has 2 bridgehead atoms. The molecule has 2 amide bonds. The van der Waals surface area contributed by atoms with Gasteiger partial charge in [0.15, 0.2) is 11.5 Å². The van der Waals surface area contributed by atoms with Crippen molar-refractivity contribution in [3.05, 3.63) is 28.8 Å². The third kappa shape index (κ3) is 3.49. The Balaban J connectivity index is 1.36. The van der Waals surface area contributed by atoms with Gasteiger partial charge in [0.1, 0.15) is 6.54 Å². The number of benzene rings is 1. The van der Waals surface area contributed by atoms with Gasteiger partial charge in [0.05, 0.1) is 31.4 Å². The van der Waals surface area contributed by atoms with E-state index in [-0.39, 0.29) is 30.0 Å². The molecule has 0 N–H and O–H groups in total. The molecule has 9 heteroatoms. The average Bonchev–Trinajstić information content (AvgIpc) is 2.80. The summed E-state index contributed by atoms with van der Waals surface area (Å²) >= 11 is 0. The van der Waals surface area contributed by atoms with Crippen LogP contribution in [0.25, 0.3) is 10.9 Å². The van der Waals surface area contributed by atoms with Crippen LogP contribution in [0.4, 0.5) is 0 Å². The smallest absolute Gasteiger partial charge is 0.261 e. The zero-order valence-corrected chi connectivity index (χ0v) is 18.5. The van der Waals surface area contributed by atoms with Gasteiger partial charge in [-0.2, -0.15) is 0 Å². The number of rotatable bonds is 4. The molecule has 9 nitrogen and oxygen atoms in total. The van der Waals surface area contributed by atoms with Crippen LogP contribution >= 0.6 is 0 Å². The second-order valence-electron chi connectivity index (χ2n) is 9.07. The number of hydrogen-bond acceptors (Lipinski definition) is 6. The molecule has 32 heavy (non-hydrogen) atoms. The third-order valence-electron chi connectivity index (χ3n) is 7.17. The molecule has 1 aromatic heterocycles. The van der Waals surface area contributed by atoms with Gasteiger partial charge in [-0.3, -0.25) is 19.0 Å². The number of fused-ring (bicyclic) bond motifs is 5. The van der Waals surface area contributed by atoms with E-state index in [1.54, 1.807) is 12.1 Å². The number of methoxy groups -OCH3 is 2. The molecule has 170 valence electrons. The number of ether oxygens (including phenoxy) is 2. The first-order valence-electron chi connectivity index (χ1n) is 11.2. The fraction of sp³-hybridized carbons (Fsp3) is 0.565. The molecule has 3 aliphatic heterocycles. The Morgan fingerprint density at radius 1 is 1.12 bits per heavy atom. The van der Waals surface area contributed by atoms with E-state index in [1.165, 1.54) is 25.1 Å². The van der Waals surface area contributed by atoms with Gasteiger partial charge in [0, 0.05) is 38.2 Å². The number of hydrogen-bond donors (Lipinski definition) is 0. The van der Waals surface area contributed by atoms with Crippen molar-refractivity contribution in [1.82, 2.24) is 19.4 Å². The lowest BCUT2D eigenvalue weighted by Gasteiger charge is -2.52. The zero-order chi connectivity index (χ0) is 22.4. The summed E-state index contributed by atoms with van der Waals surface area (Å²) in [6, 6.07) is 3.51. The Morgan fingerprint density at radius 3 is 2.69 bits per heavy atom. The van der Waals surface area contributed by atoms with E-state index >= 15 is 0 Å². The number of likely N-dealkylation sites (tertiary alicyclic amines) is 1. The Morgan fingerprint density at radius 2 is 1.91 bits per heavy atom. The minimum absolute atomic E-state index is 0.0527. The van der Waals surface area contributed by atoms with Gasteiger partial charge >= 0.3 is 0 Å². The highest BCUT2D eigenvalue weighted by molar-refractivity contribution is 5.82. The first-order valence-corrected chi connectivity index (χ1v) is 11.2. The second-order valence-corrected chi connectivity index (χ2v) is 9.07. The van der Waals surface area contributed by atoms with Crippen LogP contribution in [0.15, 0.2) is 23.3 Å². The van der Waals surface area contributed by atoms with Crippen molar-refractivity contribution in [2.24, 2.45) is 11.8 Å². The molecule has 0 saturated carbocycles. The highest BCUT2D eigenvalue weighted by Gasteiger charge is 2.44. The van der Waals surface area contributed by atoms with E-state index in [0.29, 0.717) is 53.7 Å². The fourth-order valence-electron chi connectivity index (χ4n) is 5.66. The maximum Gasteiger partial charge on any atom is 0.261 e. The maximum atomic E-state index is 13.1. The van der Waals surface area contributed by atoms with Gasteiger partial charge in [-0.1, -0.05) is 0 Å². The first-order chi connectivity index (χ1) is 15.5. The predicted molar refractivity (Wildman–Crippen MR) is 117 cm³/mol. The first kappa shape index (κ1) is 20.8. The lowest BCUT2D eigenvalue weighted by molar-refractivity contribution is -0.149. The molecule has 0 spiro atoms. The van der Waals surface area contributed by atoms with Crippen molar-refractivity contribution in [3.8, 4) is 11.5 Å². The number of carbonyl (C=O) groups is 2. The van der Waals surface area contributed by atoms with Gasteiger partial charge in [-0.15, -0.1) is 0 Å². The molecule has 4 heterocycles. The normalized spacial score (nSPS) is 24.9. The summed E-state index contributed by atoms with van der Waals surface area (Å²) in [4.78, 5) is 46.8. The quantitative estimate of drug-likeness (QED) is 0.711. The van der Waals surface area contributed by atoms with Crippen molar-refractivity contribution in [2.75, 3.05) is 33.9 Å². The standard InChI is InChI=1S/C23H28N4O5/c1-31-19-7-16-17(8-20(19)32-2)24-13-26(23(16)30)12-22(29)25-9-14-6-15(11-25)18-4-3-5-21(28)27(18)10-14/h7-8,13-15,18H,3-6,9-12H2,1-2H3/t14-,15+,18?/m1/s1. The Hall–Kier alpha value is -3.10. The Bertz CT molecular complexity index is 1130. The Labute approximate surface area is 185 Å². The number of nitrogens with zero attached hydrogens (tertiary/aromatic N) is 4. The fourth-order valence-corrected chi connectivity index (χ4v) is 5.66. The van der Waals surface area contributed by atoms with Gasteiger partial charge in [0.25, 0.3) is 5.56 Å². The summed E-state index contributed by atoms with van der Waals surface area (Å²) in [5, 5.41) is 0.379. The van der Waals surface area contributed by atoms with Crippen molar-refractivity contribution >= 4 is 22.7 Å². The van der Waals surface area contributed by atoms with E-state index in [0.717, 1.165) is 25.8 Å². The molecule has 3 atom stereocenters. The van der Waals surface area contributed by atoms with Crippen molar-refractivity contribution in [1.29, 1.82) is 0 Å². The molecular formula is C23H28N4O5. The summed E-state index contributed by atoms with van der Waals surface area (Å²) < 4.78 is 11.9. The van der Waals surface area contributed by atoms with Gasteiger partial charge in [-0.25, -0.2) is 4.98 Å². The number of amides is 2. The van der Waals surface area contributed by atoms with Crippen LogP contribution in [-0.2, 0) is 16.1 Å².